The maximum atomic E-state index is 13.1. The maximum Gasteiger partial charge on any atom is 0.573 e. The summed E-state index contributed by atoms with van der Waals surface area (Å²) in [5.74, 6) is -1.20. The molecule has 2 aromatic carbocycles. The van der Waals surface area contributed by atoms with Gasteiger partial charge in [0.25, 0.3) is 5.91 Å². The van der Waals surface area contributed by atoms with Crippen molar-refractivity contribution in [1.82, 2.24) is 19.2 Å². The lowest BCUT2D eigenvalue weighted by molar-refractivity contribution is -0.274. The second-order valence-electron chi connectivity index (χ2n) is 9.89. The first-order valence-corrected chi connectivity index (χ1v) is 14.2. The first kappa shape index (κ1) is 28.4. The largest absolute Gasteiger partial charge is 0.573 e. The van der Waals surface area contributed by atoms with Crippen LogP contribution in [0.4, 0.5) is 13.2 Å². The summed E-state index contributed by atoms with van der Waals surface area (Å²) in [6, 6.07) is 10.1. The number of amides is 1. The van der Waals surface area contributed by atoms with Crippen LogP contribution in [0.25, 0.3) is 5.69 Å². The van der Waals surface area contributed by atoms with Gasteiger partial charge in [-0.1, -0.05) is 18.2 Å². The first-order chi connectivity index (χ1) is 19.3. The van der Waals surface area contributed by atoms with Crippen molar-refractivity contribution in [2.75, 3.05) is 18.8 Å². The lowest BCUT2D eigenvalue weighted by Crippen LogP contribution is -2.50. The van der Waals surface area contributed by atoms with Crippen LogP contribution in [0.5, 0.6) is 11.6 Å². The van der Waals surface area contributed by atoms with E-state index < -0.39 is 39.3 Å². The van der Waals surface area contributed by atoms with E-state index in [2.05, 4.69) is 20.0 Å². The summed E-state index contributed by atoms with van der Waals surface area (Å²) in [4.78, 5) is 31.7. The highest BCUT2D eigenvalue weighted by atomic mass is 32.2. The number of carbonyl (C=O) groups is 1. The molecular formula is C26H26F3N5O6S. The number of piperidine rings is 1. The van der Waals surface area contributed by atoms with Crippen LogP contribution in [0.3, 0.4) is 0 Å². The molecule has 3 aromatic rings. The van der Waals surface area contributed by atoms with E-state index in [0.29, 0.717) is 5.69 Å². The molecule has 0 aliphatic carbocycles. The molecule has 1 spiro atoms. The smallest absolute Gasteiger partial charge is 0.493 e. The molecule has 15 heteroatoms. The summed E-state index contributed by atoms with van der Waals surface area (Å²) < 4.78 is 70.4. The van der Waals surface area contributed by atoms with Crippen molar-refractivity contribution < 1.29 is 36.2 Å². The number of alkyl halides is 3. The molecule has 3 N–H and O–H groups in total. The molecule has 1 amide bonds. The summed E-state index contributed by atoms with van der Waals surface area (Å²) in [6.45, 7) is 1.89. The van der Waals surface area contributed by atoms with Crippen LogP contribution in [0.15, 0.2) is 58.4 Å². The van der Waals surface area contributed by atoms with E-state index in [1.54, 1.807) is 25.1 Å². The van der Waals surface area contributed by atoms with E-state index in [1.165, 1.54) is 22.6 Å². The minimum absolute atomic E-state index is 0.0529. The summed E-state index contributed by atoms with van der Waals surface area (Å²) in [5, 5.41) is 12.5. The Balaban J connectivity index is 1.23. The minimum atomic E-state index is -4.87. The average Bonchev–Trinajstić information content (AvgIpc) is 3.40. The second kappa shape index (κ2) is 10.4. The number of carbonyl (C=O) groups excluding carboxylic acids is 1. The molecule has 2 aliphatic rings. The van der Waals surface area contributed by atoms with Gasteiger partial charge in [-0.25, -0.2) is 22.1 Å². The number of hydrogen-bond acceptors (Lipinski definition) is 7. The van der Waals surface area contributed by atoms with Crippen molar-refractivity contribution in [3.05, 3.63) is 75.8 Å². The van der Waals surface area contributed by atoms with Crippen molar-refractivity contribution >= 4 is 21.8 Å². The molecule has 0 unspecified atom stereocenters. The summed E-state index contributed by atoms with van der Waals surface area (Å²) in [6.07, 6.45) is -3.25. The Morgan fingerprint density at radius 1 is 1.12 bits per heavy atom. The zero-order valence-corrected chi connectivity index (χ0v) is 22.6. The maximum absolute atomic E-state index is 13.1. The quantitative estimate of drug-likeness (QED) is 0.384. The number of aromatic amines is 1. The predicted octanol–water partition coefficient (Wildman–Crippen LogP) is 2.36. The van der Waals surface area contributed by atoms with Crippen LogP contribution < -0.4 is 15.7 Å². The number of rotatable bonds is 7. The van der Waals surface area contributed by atoms with Gasteiger partial charge in [-0.3, -0.25) is 9.79 Å². The summed E-state index contributed by atoms with van der Waals surface area (Å²) in [5.41, 5.74) is 0.471. The molecule has 3 heterocycles. The fourth-order valence-corrected chi connectivity index (χ4v) is 6.52. The number of nitrogens with one attached hydrogen (secondary N) is 2. The second-order valence-corrected chi connectivity index (χ2v) is 12.0. The number of amidine groups is 1. The number of sulfonamides is 1. The number of aliphatic imine (C=N–C) groups is 1. The van der Waals surface area contributed by atoms with Gasteiger partial charge in [0.15, 0.2) is 0 Å². The Bertz CT molecular complexity index is 1690. The number of imidazole rings is 1. The molecule has 0 bridgehead atoms. The zero-order chi connectivity index (χ0) is 29.6. The van der Waals surface area contributed by atoms with E-state index in [-0.39, 0.29) is 55.4 Å². The molecule has 11 nitrogen and oxygen atoms in total. The van der Waals surface area contributed by atoms with Crippen LogP contribution >= 0.6 is 0 Å². The van der Waals surface area contributed by atoms with Crippen LogP contribution in [0, 0.1) is 6.92 Å². The van der Waals surface area contributed by atoms with Crippen LogP contribution in [-0.4, -0.2) is 69.9 Å². The van der Waals surface area contributed by atoms with Crippen LogP contribution in [0.2, 0.25) is 0 Å². The highest BCUT2D eigenvalue weighted by molar-refractivity contribution is 7.89. The van der Waals surface area contributed by atoms with Crippen LogP contribution in [-0.2, 0) is 21.2 Å². The summed E-state index contributed by atoms with van der Waals surface area (Å²) in [7, 11) is -3.69. The number of benzene rings is 2. The highest BCUT2D eigenvalue weighted by Gasteiger charge is 2.47. The van der Waals surface area contributed by atoms with Crippen molar-refractivity contribution in [2.45, 2.75) is 38.1 Å². The molecule has 0 saturated carbocycles. The van der Waals surface area contributed by atoms with Gasteiger partial charge in [0, 0.05) is 18.7 Å². The normalized spacial score (nSPS) is 17.5. The van der Waals surface area contributed by atoms with Crippen molar-refractivity contribution in [2.24, 2.45) is 4.99 Å². The van der Waals surface area contributed by atoms with E-state index in [1.807, 2.05) is 0 Å². The number of ether oxygens (including phenoxy) is 1. The van der Waals surface area contributed by atoms with E-state index >= 15 is 0 Å². The van der Waals surface area contributed by atoms with Crippen molar-refractivity contribution in [3.8, 4) is 17.3 Å². The SMILES string of the molecule is Cc1cc(-n2c(O)c[nH]c2=O)ccc1CCS(=O)(=O)N1CCC2(CC1)N=C(c1cccc(OC(F)(F)F)c1)NC2=O. The average molecular weight is 594 g/mol. The Labute approximate surface area is 232 Å². The fraction of sp³-hybridized carbons (Fsp3) is 0.346. The fourth-order valence-electron chi connectivity index (χ4n) is 5.04. The number of aromatic nitrogens is 2. The topological polar surface area (TPSA) is 146 Å². The highest BCUT2D eigenvalue weighted by Crippen LogP contribution is 2.33. The van der Waals surface area contributed by atoms with Gasteiger partial charge in [-0.2, -0.15) is 0 Å². The lowest BCUT2D eigenvalue weighted by Gasteiger charge is -2.34. The summed E-state index contributed by atoms with van der Waals surface area (Å²) >= 11 is 0. The van der Waals surface area contributed by atoms with Crippen molar-refractivity contribution in [1.29, 1.82) is 0 Å². The Hall–Kier alpha value is -4.11. The number of aromatic hydroxyl groups is 1. The van der Waals surface area contributed by atoms with E-state index in [4.69, 9.17) is 0 Å². The van der Waals surface area contributed by atoms with Gasteiger partial charge in [-0.05, 0) is 61.6 Å². The van der Waals surface area contributed by atoms with Gasteiger partial charge in [0.05, 0.1) is 17.6 Å². The Kier molecular flexibility index (Phi) is 7.19. The third kappa shape index (κ3) is 5.86. The predicted molar refractivity (Wildman–Crippen MR) is 142 cm³/mol. The third-order valence-corrected chi connectivity index (χ3v) is 9.11. The van der Waals surface area contributed by atoms with E-state index in [9.17, 15) is 36.3 Å². The molecule has 0 radical (unpaired) electrons. The zero-order valence-electron chi connectivity index (χ0n) is 21.7. The standard InChI is InChI=1S/C26H26F3N5O6S/c1-16-13-19(34-21(35)15-30-24(34)37)6-5-17(16)7-12-41(38,39)33-10-8-25(9-11-33)23(36)31-22(32-25)18-3-2-4-20(14-18)40-26(27,28)29/h2-6,13-15,35H,7-12H2,1H3,(H,30,37)(H,31,32,36). The molecular weight excluding hydrogens is 567 g/mol. The number of H-pyrrole nitrogens is 1. The Morgan fingerprint density at radius 3 is 2.49 bits per heavy atom. The number of aryl methyl sites for hydroxylation is 2. The number of nitrogens with zero attached hydrogens (tertiary/aromatic N) is 3. The van der Waals surface area contributed by atoms with Gasteiger partial charge in [0.1, 0.15) is 17.1 Å². The van der Waals surface area contributed by atoms with Gasteiger partial charge in [0.2, 0.25) is 15.9 Å². The van der Waals surface area contributed by atoms with Gasteiger partial charge in [-0.15, -0.1) is 13.2 Å². The number of hydrogen-bond donors (Lipinski definition) is 3. The van der Waals surface area contributed by atoms with Crippen LogP contribution in [0.1, 0.15) is 29.5 Å². The Morgan fingerprint density at radius 2 is 1.85 bits per heavy atom. The van der Waals surface area contributed by atoms with Crippen molar-refractivity contribution in [3.63, 3.8) is 0 Å². The lowest BCUT2D eigenvalue weighted by atomic mass is 9.89. The molecule has 218 valence electrons. The first-order valence-electron chi connectivity index (χ1n) is 12.6. The van der Waals surface area contributed by atoms with Gasteiger partial charge < -0.3 is 20.1 Å². The number of halogens is 3. The molecule has 2 aliphatic heterocycles. The molecule has 0 atom stereocenters. The molecule has 1 saturated heterocycles. The van der Waals surface area contributed by atoms with Gasteiger partial charge >= 0.3 is 12.1 Å². The minimum Gasteiger partial charge on any atom is -0.493 e. The monoisotopic (exact) mass is 593 g/mol. The molecule has 41 heavy (non-hydrogen) atoms. The van der Waals surface area contributed by atoms with E-state index in [0.717, 1.165) is 27.8 Å². The molecule has 5 rings (SSSR count). The third-order valence-electron chi connectivity index (χ3n) is 7.24. The molecule has 1 fully saturated rings. The molecule has 1 aromatic heterocycles.